The van der Waals surface area contributed by atoms with Crippen molar-refractivity contribution >= 4 is 21.3 Å². The summed E-state index contributed by atoms with van der Waals surface area (Å²) < 4.78 is 52.6. The number of hydrogen-bond donors (Lipinski definition) is 2. The van der Waals surface area contributed by atoms with Gasteiger partial charge in [-0.1, -0.05) is 29.8 Å². The maximum atomic E-state index is 13.6. The summed E-state index contributed by atoms with van der Waals surface area (Å²) in [5.41, 5.74) is 1.74. The van der Waals surface area contributed by atoms with Gasteiger partial charge >= 0.3 is 0 Å². The highest BCUT2D eigenvalue weighted by molar-refractivity contribution is 7.91. The molecule has 0 aliphatic heterocycles. The van der Waals surface area contributed by atoms with E-state index >= 15 is 0 Å². The van der Waals surface area contributed by atoms with Crippen molar-refractivity contribution in [2.75, 3.05) is 6.26 Å². The fraction of sp³-hybridized carbons (Fsp3) is 0.211. The molecule has 0 saturated carbocycles. The average Bonchev–Trinajstić information content (AvgIpc) is 3.01. The minimum atomic E-state index is -3.04. The lowest BCUT2D eigenvalue weighted by molar-refractivity contribution is 0.0613. The number of aromatic amines is 1. The molecule has 1 heterocycles. The van der Waals surface area contributed by atoms with E-state index in [9.17, 15) is 13.0 Å². The number of nitrogens with one attached hydrogen (secondary N) is 2. The molecule has 3 aromatic rings. The van der Waals surface area contributed by atoms with Crippen LogP contribution in [0.5, 0.6) is 0 Å². The standard InChI is InChI=1S/C19H18ClF2N3O2S/c1-11-19(28(2,23)26)25-18(24-11)17(13-5-8-16(22)15(20)9-13)27-10-12-3-6-14(21)7-4-12/h3-9,17,23H,10H2,1-2H3,(H,24,25)/t17-,28+/m0/s1. The Morgan fingerprint density at radius 2 is 1.93 bits per heavy atom. The molecule has 9 heteroatoms. The Kier molecular flexibility index (Phi) is 5.83. The van der Waals surface area contributed by atoms with Crippen LogP contribution in [0.15, 0.2) is 47.5 Å². The van der Waals surface area contributed by atoms with E-state index in [4.69, 9.17) is 21.1 Å². The third-order valence-corrected chi connectivity index (χ3v) is 5.48. The number of nitrogens with zero attached hydrogens (tertiary/aromatic N) is 1. The molecule has 0 bridgehead atoms. The molecule has 0 spiro atoms. The van der Waals surface area contributed by atoms with E-state index < -0.39 is 21.7 Å². The van der Waals surface area contributed by atoms with Gasteiger partial charge in [0.05, 0.1) is 21.4 Å². The Morgan fingerprint density at radius 3 is 2.50 bits per heavy atom. The van der Waals surface area contributed by atoms with Crippen LogP contribution in [0, 0.1) is 23.3 Å². The van der Waals surface area contributed by atoms with Crippen LogP contribution in [0.1, 0.15) is 28.7 Å². The summed E-state index contributed by atoms with van der Waals surface area (Å²) in [6.07, 6.45) is 0.501. The van der Waals surface area contributed by atoms with E-state index in [2.05, 4.69) is 9.97 Å². The summed E-state index contributed by atoms with van der Waals surface area (Å²) in [5, 5.41) is 0.0576. The molecule has 2 N–H and O–H groups in total. The maximum absolute atomic E-state index is 13.6. The number of hydrogen-bond acceptors (Lipinski definition) is 4. The number of ether oxygens (including phenoxy) is 1. The Labute approximate surface area is 166 Å². The van der Waals surface area contributed by atoms with Gasteiger partial charge in [-0.2, -0.15) is 0 Å². The number of benzene rings is 2. The minimum absolute atomic E-state index is 0.0730. The van der Waals surface area contributed by atoms with Crippen LogP contribution in [-0.2, 0) is 21.1 Å². The summed E-state index contributed by atoms with van der Waals surface area (Å²) in [6.45, 7) is 1.79. The van der Waals surface area contributed by atoms with Gasteiger partial charge in [-0.15, -0.1) is 0 Å². The third kappa shape index (κ3) is 4.57. The Morgan fingerprint density at radius 1 is 1.25 bits per heavy atom. The molecule has 0 saturated heterocycles. The normalized spacial score (nSPS) is 14.6. The van der Waals surface area contributed by atoms with Crippen molar-refractivity contribution < 1.29 is 17.7 Å². The predicted octanol–water partition coefficient (Wildman–Crippen LogP) is 4.99. The summed E-state index contributed by atoms with van der Waals surface area (Å²) in [4.78, 5) is 7.29. The monoisotopic (exact) mass is 425 g/mol. The molecule has 0 amide bonds. The van der Waals surface area contributed by atoms with Crippen LogP contribution >= 0.6 is 11.6 Å². The zero-order valence-electron chi connectivity index (χ0n) is 15.1. The van der Waals surface area contributed by atoms with Crippen LogP contribution in [0.2, 0.25) is 5.02 Å². The lowest BCUT2D eigenvalue weighted by Crippen LogP contribution is -2.09. The lowest BCUT2D eigenvalue weighted by atomic mass is 10.1. The Hall–Kier alpha value is -2.29. The molecule has 0 unspecified atom stereocenters. The predicted molar refractivity (Wildman–Crippen MR) is 103 cm³/mol. The molecule has 0 fully saturated rings. The van der Waals surface area contributed by atoms with Gasteiger partial charge in [0.2, 0.25) is 0 Å². The average molecular weight is 426 g/mol. The summed E-state index contributed by atoms with van der Waals surface area (Å²) in [7, 11) is -3.04. The van der Waals surface area contributed by atoms with E-state index in [0.717, 1.165) is 5.56 Å². The highest BCUT2D eigenvalue weighted by atomic mass is 35.5. The van der Waals surface area contributed by atoms with Crippen molar-refractivity contribution in [3.05, 3.63) is 81.8 Å². The molecule has 0 radical (unpaired) electrons. The fourth-order valence-electron chi connectivity index (χ4n) is 2.74. The number of aryl methyl sites for hydroxylation is 1. The molecule has 0 aliphatic rings. The van der Waals surface area contributed by atoms with Crippen LogP contribution in [-0.4, -0.2) is 20.4 Å². The number of aromatic nitrogens is 2. The molecular formula is C19H18ClF2N3O2S. The van der Waals surface area contributed by atoms with Gasteiger partial charge in [-0.3, -0.25) is 0 Å². The molecule has 2 aromatic carbocycles. The van der Waals surface area contributed by atoms with Crippen molar-refractivity contribution in [1.82, 2.24) is 9.97 Å². The smallest absolute Gasteiger partial charge is 0.156 e. The first-order chi connectivity index (χ1) is 13.1. The minimum Gasteiger partial charge on any atom is -0.361 e. The second-order valence-corrected chi connectivity index (χ2v) is 8.87. The van der Waals surface area contributed by atoms with Gasteiger partial charge in [0, 0.05) is 11.9 Å². The van der Waals surface area contributed by atoms with Crippen LogP contribution in [0.25, 0.3) is 0 Å². The summed E-state index contributed by atoms with van der Waals surface area (Å²) >= 11 is 5.91. The first-order valence-electron chi connectivity index (χ1n) is 8.26. The van der Waals surface area contributed by atoms with Crippen molar-refractivity contribution in [1.29, 1.82) is 4.78 Å². The van der Waals surface area contributed by atoms with Crippen LogP contribution < -0.4 is 0 Å². The van der Waals surface area contributed by atoms with Gasteiger partial charge in [0.15, 0.2) is 5.03 Å². The highest BCUT2D eigenvalue weighted by Gasteiger charge is 2.23. The highest BCUT2D eigenvalue weighted by Crippen LogP contribution is 2.30. The number of halogens is 3. The fourth-order valence-corrected chi connectivity index (χ4v) is 3.84. The van der Waals surface area contributed by atoms with Gasteiger partial charge in [0.25, 0.3) is 0 Å². The van der Waals surface area contributed by atoms with Gasteiger partial charge in [-0.25, -0.2) is 22.8 Å². The molecule has 28 heavy (non-hydrogen) atoms. The van der Waals surface area contributed by atoms with Gasteiger partial charge < -0.3 is 9.72 Å². The summed E-state index contributed by atoms with van der Waals surface area (Å²) in [5.74, 6) is -0.606. The molecule has 5 nitrogen and oxygen atoms in total. The van der Waals surface area contributed by atoms with Crippen molar-refractivity contribution in [3.63, 3.8) is 0 Å². The molecule has 0 aliphatic carbocycles. The zero-order chi connectivity index (χ0) is 20.5. The number of rotatable bonds is 6. The van der Waals surface area contributed by atoms with E-state index in [1.54, 1.807) is 19.1 Å². The van der Waals surface area contributed by atoms with Crippen molar-refractivity contribution in [2.24, 2.45) is 0 Å². The van der Waals surface area contributed by atoms with Crippen LogP contribution in [0.3, 0.4) is 0 Å². The molecule has 3 rings (SSSR count). The first-order valence-corrected chi connectivity index (χ1v) is 10.6. The van der Waals surface area contributed by atoms with Gasteiger partial charge in [-0.05, 0) is 42.3 Å². The van der Waals surface area contributed by atoms with E-state index in [-0.39, 0.29) is 22.5 Å². The molecular weight excluding hydrogens is 408 g/mol. The van der Waals surface area contributed by atoms with E-state index in [1.807, 2.05) is 0 Å². The zero-order valence-corrected chi connectivity index (χ0v) is 16.7. The molecule has 148 valence electrons. The van der Waals surface area contributed by atoms with Crippen molar-refractivity contribution in [2.45, 2.75) is 24.7 Å². The lowest BCUT2D eigenvalue weighted by Gasteiger charge is -2.17. The number of H-pyrrole nitrogens is 1. The quantitative estimate of drug-likeness (QED) is 0.583. The second kappa shape index (κ2) is 7.98. The SMILES string of the molecule is Cc1[nH]c([C@@H](OCc2ccc(F)cc2)c2ccc(F)c(Cl)c2)nc1[S@](C)(=N)=O. The largest absolute Gasteiger partial charge is 0.361 e. The van der Waals surface area contributed by atoms with E-state index in [0.29, 0.717) is 17.1 Å². The second-order valence-electron chi connectivity index (χ2n) is 6.39. The van der Waals surface area contributed by atoms with Gasteiger partial charge in [0.1, 0.15) is 23.6 Å². The van der Waals surface area contributed by atoms with Crippen LogP contribution in [0.4, 0.5) is 8.78 Å². The van der Waals surface area contributed by atoms with Crippen molar-refractivity contribution in [3.8, 4) is 0 Å². The number of imidazole rings is 1. The molecule has 2 atom stereocenters. The topological polar surface area (TPSA) is 78.8 Å². The summed E-state index contributed by atoms with van der Waals surface area (Å²) in [6, 6.07) is 9.98. The Bertz CT molecular complexity index is 1100. The Balaban J connectivity index is 1.98. The maximum Gasteiger partial charge on any atom is 0.156 e. The van der Waals surface area contributed by atoms with E-state index in [1.165, 1.54) is 36.6 Å². The first kappa shape index (κ1) is 20.4. The third-order valence-electron chi connectivity index (χ3n) is 4.05. The molecule has 1 aromatic heterocycles.